The summed E-state index contributed by atoms with van der Waals surface area (Å²) in [5.41, 5.74) is 10.1. The lowest BCUT2D eigenvalue weighted by Crippen LogP contribution is -2.30. The van der Waals surface area contributed by atoms with E-state index < -0.39 is 0 Å². The molecule has 0 radical (unpaired) electrons. The van der Waals surface area contributed by atoms with Crippen molar-refractivity contribution in [2.75, 3.05) is 18.0 Å². The third-order valence-corrected chi connectivity index (χ3v) is 3.55. The van der Waals surface area contributed by atoms with Crippen molar-refractivity contribution in [3.8, 4) is 0 Å². The molecule has 1 aliphatic rings. The van der Waals surface area contributed by atoms with Crippen molar-refractivity contribution in [2.24, 2.45) is 12.8 Å². The molecule has 2 aromatic rings. The molecule has 0 saturated heterocycles. The zero-order chi connectivity index (χ0) is 12.5. The molecule has 1 aromatic heterocycles. The molecule has 4 nitrogen and oxygen atoms in total. The molecule has 1 atom stereocenters. The molecule has 0 fully saturated rings. The smallest absolute Gasteiger partial charge is 0.0538 e. The van der Waals surface area contributed by atoms with E-state index in [0.29, 0.717) is 0 Å². The highest BCUT2D eigenvalue weighted by Gasteiger charge is 2.21. The van der Waals surface area contributed by atoms with Crippen molar-refractivity contribution >= 4 is 5.69 Å². The average Bonchev–Trinajstić information content (AvgIpc) is 2.97. The van der Waals surface area contributed by atoms with Gasteiger partial charge in [-0.2, -0.15) is 5.10 Å². The maximum absolute atomic E-state index is 6.25. The number of benzene rings is 1. The minimum Gasteiger partial charge on any atom is -0.369 e. The predicted octanol–water partition coefficient (Wildman–Crippen LogP) is 1.48. The molecule has 0 amide bonds. The average molecular weight is 242 g/mol. The van der Waals surface area contributed by atoms with Crippen LogP contribution < -0.4 is 10.6 Å². The van der Waals surface area contributed by atoms with Gasteiger partial charge in [0, 0.05) is 37.6 Å². The maximum Gasteiger partial charge on any atom is 0.0538 e. The molecule has 94 valence electrons. The van der Waals surface area contributed by atoms with Gasteiger partial charge in [-0.1, -0.05) is 18.2 Å². The lowest BCUT2D eigenvalue weighted by atomic mass is 10.1. The summed E-state index contributed by atoms with van der Waals surface area (Å²) in [4.78, 5) is 2.37. The highest BCUT2D eigenvalue weighted by molar-refractivity contribution is 5.58. The Morgan fingerprint density at radius 1 is 1.39 bits per heavy atom. The van der Waals surface area contributed by atoms with Gasteiger partial charge in [-0.3, -0.25) is 4.68 Å². The Kier molecular flexibility index (Phi) is 2.80. The van der Waals surface area contributed by atoms with Crippen LogP contribution in [0.15, 0.2) is 36.7 Å². The van der Waals surface area contributed by atoms with Crippen molar-refractivity contribution in [3.05, 3.63) is 47.8 Å². The number of para-hydroxylation sites is 1. The van der Waals surface area contributed by atoms with Gasteiger partial charge in [0.15, 0.2) is 0 Å². The van der Waals surface area contributed by atoms with E-state index >= 15 is 0 Å². The zero-order valence-corrected chi connectivity index (χ0v) is 10.6. The molecule has 0 bridgehead atoms. The fraction of sp³-hybridized carbons (Fsp3) is 0.357. The first-order chi connectivity index (χ1) is 8.74. The van der Waals surface area contributed by atoms with E-state index in [1.807, 2.05) is 19.4 Å². The third kappa shape index (κ3) is 1.99. The number of nitrogens with zero attached hydrogens (tertiary/aromatic N) is 3. The fourth-order valence-electron chi connectivity index (χ4n) is 2.57. The van der Waals surface area contributed by atoms with Gasteiger partial charge in [-0.05, 0) is 18.1 Å². The number of fused-ring (bicyclic) bond motifs is 1. The van der Waals surface area contributed by atoms with E-state index in [4.69, 9.17) is 5.73 Å². The first kappa shape index (κ1) is 11.3. The van der Waals surface area contributed by atoms with Gasteiger partial charge in [0.05, 0.1) is 12.2 Å². The molecule has 1 aromatic carbocycles. The van der Waals surface area contributed by atoms with E-state index in [1.54, 1.807) is 4.68 Å². The third-order valence-electron chi connectivity index (χ3n) is 3.55. The monoisotopic (exact) mass is 242 g/mol. The van der Waals surface area contributed by atoms with E-state index in [-0.39, 0.29) is 6.04 Å². The predicted molar refractivity (Wildman–Crippen MR) is 72.5 cm³/mol. The Morgan fingerprint density at radius 3 is 3.00 bits per heavy atom. The molecule has 3 rings (SSSR count). The summed E-state index contributed by atoms with van der Waals surface area (Å²) in [6.45, 7) is 1.91. The van der Waals surface area contributed by atoms with Crippen LogP contribution in [0.3, 0.4) is 0 Å². The Balaban J connectivity index is 1.75. The second kappa shape index (κ2) is 4.46. The minimum atomic E-state index is 0.0184. The van der Waals surface area contributed by atoms with Crippen LogP contribution in [0.1, 0.15) is 17.2 Å². The van der Waals surface area contributed by atoms with Gasteiger partial charge < -0.3 is 10.6 Å². The standard InChI is InChI=1S/C14H18N4/c1-17-9-12(8-16-17)13(15)10-18-7-6-11-4-2-3-5-14(11)18/h2-5,8-9,13H,6-7,10,15H2,1H3. The summed E-state index contributed by atoms with van der Waals surface area (Å²) in [5, 5.41) is 4.17. The molecule has 1 unspecified atom stereocenters. The van der Waals surface area contributed by atoms with Crippen molar-refractivity contribution < 1.29 is 0 Å². The van der Waals surface area contributed by atoms with E-state index in [0.717, 1.165) is 25.1 Å². The Hall–Kier alpha value is -1.81. The maximum atomic E-state index is 6.25. The van der Waals surface area contributed by atoms with Gasteiger partial charge in [-0.15, -0.1) is 0 Å². The molecular weight excluding hydrogens is 224 g/mol. The Bertz CT molecular complexity index is 546. The van der Waals surface area contributed by atoms with Gasteiger partial charge >= 0.3 is 0 Å². The number of hydrogen-bond acceptors (Lipinski definition) is 3. The summed E-state index contributed by atoms with van der Waals surface area (Å²) in [6, 6.07) is 8.59. The lowest BCUT2D eigenvalue weighted by molar-refractivity contribution is 0.679. The van der Waals surface area contributed by atoms with E-state index in [1.165, 1.54) is 11.3 Å². The van der Waals surface area contributed by atoms with Crippen molar-refractivity contribution in [3.63, 3.8) is 0 Å². The van der Waals surface area contributed by atoms with Crippen molar-refractivity contribution in [1.82, 2.24) is 9.78 Å². The molecular formula is C14H18N4. The van der Waals surface area contributed by atoms with Crippen molar-refractivity contribution in [2.45, 2.75) is 12.5 Å². The summed E-state index contributed by atoms with van der Waals surface area (Å²) in [6.07, 6.45) is 4.97. The van der Waals surface area contributed by atoms with E-state index in [9.17, 15) is 0 Å². The van der Waals surface area contributed by atoms with Crippen LogP contribution in [-0.2, 0) is 13.5 Å². The number of aryl methyl sites for hydroxylation is 1. The van der Waals surface area contributed by atoms with Gasteiger partial charge in [0.1, 0.15) is 0 Å². The summed E-state index contributed by atoms with van der Waals surface area (Å²) >= 11 is 0. The number of hydrogen-bond donors (Lipinski definition) is 1. The lowest BCUT2D eigenvalue weighted by Gasteiger charge is -2.22. The topological polar surface area (TPSA) is 47.1 Å². The SMILES string of the molecule is Cn1cc(C(N)CN2CCc3ccccc32)cn1. The largest absolute Gasteiger partial charge is 0.369 e. The second-order valence-electron chi connectivity index (χ2n) is 4.88. The number of rotatable bonds is 3. The molecule has 2 heterocycles. The first-order valence-electron chi connectivity index (χ1n) is 6.31. The van der Waals surface area contributed by atoms with Gasteiger partial charge in [-0.25, -0.2) is 0 Å². The van der Waals surface area contributed by atoms with Crippen molar-refractivity contribution in [1.29, 1.82) is 0 Å². The molecule has 0 aliphatic carbocycles. The Morgan fingerprint density at radius 2 is 2.22 bits per heavy atom. The minimum absolute atomic E-state index is 0.0184. The number of anilines is 1. The van der Waals surface area contributed by atoms with Crippen LogP contribution >= 0.6 is 0 Å². The second-order valence-corrected chi connectivity index (χ2v) is 4.88. The molecule has 4 heteroatoms. The van der Waals surface area contributed by atoms with Crippen LogP contribution in [0.4, 0.5) is 5.69 Å². The van der Waals surface area contributed by atoms with Gasteiger partial charge in [0.2, 0.25) is 0 Å². The highest BCUT2D eigenvalue weighted by Crippen LogP contribution is 2.28. The molecule has 1 aliphatic heterocycles. The number of aromatic nitrogens is 2. The van der Waals surface area contributed by atoms with Crippen LogP contribution in [0.2, 0.25) is 0 Å². The molecule has 0 saturated carbocycles. The van der Waals surface area contributed by atoms with E-state index in [2.05, 4.69) is 34.3 Å². The van der Waals surface area contributed by atoms with Crippen LogP contribution in [0, 0.1) is 0 Å². The highest BCUT2D eigenvalue weighted by atomic mass is 15.2. The van der Waals surface area contributed by atoms with Crippen LogP contribution in [-0.4, -0.2) is 22.9 Å². The molecule has 2 N–H and O–H groups in total. The van der Waals surface area contributed by atoms with Crippen LogP contribution in [0.25, 0.3) is 0 Å². The fourth-order valence-corrected chi connectivity index (χ4v) is 2.57. The Labute approximate surface area is 107 Å². The molecule has 0 spiro atoms. The first-order valence-corrected chi connectivity index (χ1v) is 6.31. The summed E-state index contributed by atoms with van der Waals surface area (Å²) < 4.78 is 1.80. The zero-order valence-electron chi connectivity index (χ0n) is 10.6. The molecule has 18 heavy (non-hydrogen) atoms. The normalized spacial score (nSPS) is 15.8. The van der Waals surface area contributed by atoms with Crippen LogP contribution in [0.5, 0.6) is 0 Å². The van der Waals surface area contributed by atoms with Gasteiger partial charge in [0.25, 0.3) is 0 Å². The summed E-state index contributed by atoms with van der Waals surface area (Å²) in [7, 11) is 1.92. The number of nitrogens with two attached hydrogens (primary N) is 1. The summed E-state index contributed by atoms with van der Waals surface area (Å²) in [5.74, 6) is 0. The quantitative estimate of drug-likeness (QED) is 0.887.